The first kappa shape index (κ1) is 16.7. The molecule has 7 heteroatoms. The molecule has 0 bridgehead atoms. The normalized spacial score (nSPS) is 21.4. The van der Waals surface area contributed by atoms with Crippen molar-refractivity contribution in [2.75, 3.05) is 13.2 Å². The van der Waals surface area contributed by atoms with Crippen molar-refractivity contribution >= 4 is 29.3 Å². The Morgan fingerprint density at radius 1 is 1.50 bits per heavy atom. The molecule has 1 aliphatic heterocycles. The first-order valence-electron chi connectivity index (χ1n) is 7.21. The highest BCUT2D eigenvalue weighted by molar-refractivity contribution is 5.85. The molecule has 0 spiro atoms. The number of aryl methyl sites for hydroxylation is 1. The average molecular weight is 325 g/mol. The number of benzene rings is 1. The summed E-state index contributed by atoms with van der Waals surface area (Å²) in [6, 6.07) is 5.75. The molecule has 6 nitrogen and oxygen atoms in total. The summed E-state index contributed by atoms with van der Waals surface area (Å²) in [6.45, 7) is 5.68. The van der Waals surface area contributed by atoms with Crippen LogP contribution in [-0.2, 0) is 16.1 Å². The lowest BCUT2D eigenvalue weighted by Crippen LogP contribution is -2.55. The van der Waals surface area contributed by atoms with E-state index in [4.69, 9.17) is 4.74 Å². The van der Waals surface area contributed by atoms with Crippen molar-refractivity contribution in [3.63, 3.8) is 0 Å². The summed E-state index contributed by atoms with van der Waals surface area (Å²) in [4.78, 5) is 19.9. The van der Waals surface area contributed by atoms with E-state index in [1.54, 1.807) is 0 Å². The maximum absolute atomic E-state index is 12.2. The lowest BCUT2D eigenvalue weighted by molar-refractivity contribution is -0.129. The predicted octanol–water partition coefficient (Wildman–Crippen LogP) is 1.29. The number of rotatable bonds is 3. The molecular weight excluding hydrogens is 304 g/mol. The number of nitrogens with one attached hydrogen (secondary N) is 3. The zero-order valence-electron chi connectivity index (χ0n) is 12.7. The molecule has 1 amide bonds. The lowest BCUT2D eigenvalue weighted by atomic mass is 10.1. The Hall–Kier alpha value is -1.63. The number of fused-ring (bicyclic) bond motifs is 1. The monoisotopic (exact) mass is 324 g/mol. The van der Waals surface area contributed by atoms with Crippen molar-refractivity contribution in [2.45, 2.75) is 32.5 Å². The van der Waals surface area contributed by atoms with E-state index in [1.165, 1.54) is 5.56 Å². The number of amides is 1. The van der Waals surface area contributed by atoms with Gasteiger partial charge in [-0.15, -0.1) is 12.4 Å². The number of aromatic nitrogens is 2. The van der Waals surface area contributed by atoms with E-state index in [0.717, 1.165) is 16.9 Å². The van der Waals surface area contributed by atoms with Crippen LogP contribution in [0.5, 0.6) is 0 Å². The molecule has 1 aromatic heterocycles. The van der Waals surface area contributed by atoms with Crippen molar-refractivity contribution in [1.82, 2.24) is 20.6 Å². The smallest absolute Gasteiger partial charge is 0.240 e. The van der Waals surface area contributed by atoms with E-state index in [0.29, 0.717) is 19.7 Å². The minimum absolute atomic E-state index is 0. The second kappa shape index (κ2) is 7.09. The fourth-order valence-electron chi connectivity index (χ4n) is 2.57. The molecule has 0 saturated carbocycles. The topological polar surface area (TPSA) is 79.0 Å². The Bertz CT molecular complexity index is 658. The van der Waals surface area contributed by atoms with Gasteiger partial charge in [-0.1, -0.05) is 6.07 Å². The highest BCUT2D eigenvalue weighted by atomic mass is 35.5. The van der Waals surface area contributed by atoms with Gasteiger partial charge in [-0.05, 0) is 31.5 Å². The summed E-state index contributed by atoms with van der Waals surface area (Å²) in [7, 11) is 0. The molecule has 1 saturated heterocycles. The predicted molar refractivity (Wildman–Crippen MR) is 87.1 cm³/mol. The minimum atomic E-state index is -0.301. The Morgan fingerprint density at radius 3 is 3.09 bits per heavy atom. The first-order chi connectivity index (χ1) is 10.1. The molecule has 1 aromatic carbocycles. The number of morpholine rings is 1. The summed E-state index contributed by atoms with van der Waals surface area (Å²) < 4.78 is 5.48. The summed E-state index contributed by atoms with van der Waals surface area (Å²) in [6.07, 6.45) is -0.114. The SMILES string of the molecule is Cc1ccc2nc(CNC(=O)[C@H]3NCCO[C@@H]3C)[nH]c2c1.Cl. The summed E-state index contributed by atoms with van der Waals surface area (Å²) in [5, 5.41) is 6.07. The third kappa shape index (κ3) is 3.58. The summed E-state index contributed by atoms with van der Waals surface area (Å²) >= 11 is 0. The van der Waals surface area contributed by atoms with Crippen LogP contribution in [0.25, 0.3) is 11.0 Å². The van der Waals surface area contributed by atoms with E-state index < -0.39 is 0 Å². The van der Waals surface area contributed by atoms with Gasteiger partial charge in [0.05, 0.1) is 30.3 Å². The van der Waals surface area contributed by atoms with Gasteiger partial charge in [-0.3, -0.25) is 4.79 Å². The van der Waals surface area contributed by atoms with Crippen LogP contribution in [-0.4, -0.2) is 41.2 Å². The number of aromatic amines is 1. The molecule has 3 N–H and O–H groups in total. The lowest BCUT2D eigenvalue weighted by Gasteiger charge is -2.29. The minimum Gasteiger partial charge on any atom is -0.375 e. The standard InChI is InChI=1S/C15H20N4O2.ClH/c1-9-3-4-11-12(7-9)19-13(18-11)8-17-15(20)14-10(2)21-6-5-16-14;/h3-4,7,10,14,16H,5-6,8H2,1-2H3,(H,17,20)(H,18,19);1H/t10-,14+;/m1./s1. The molecule has 120 valence electrons. The number of ether oxygens (including phenoxy) is 1. The van der Waals surface area contributed by atoms with E-state index in [2.05, 4.69) is 20.6 Å². The third-order valence-corrected chi connectivity index (χ3v) is 3.72. The zero-order valence-corrected chi connectivity index (χ0v) is 13.5. The Morgan fingerprint density at radius 2 is 2.32 bits per heavy atom. The van der Waals surface area contributed by atoms with Crippen LogP contribution in [0.2, 0.25) is 0 Å². The van der Waals surface area contributed by atoms with Crippen LogP contribution < -0.4 is 10.6 Å². The molecule has 0 unspecified atom stereocenters. The van der Waals surface area contributed by atoms with Crippen LogP contribution in [0.4, 0.5) is 0 Å². The quantitative estimate of drug-likeness (QED) is 0.795. The van der Waals surface area contributed by atoms with Gasteiger partial charge in [0.1, 0.15) is 11.9 Å². The number of halogens is 1. The number of H-pyrrole nitrogens is 1. The van der Waals surface area contributed by atoms with Crippen molar-refractivity contribution in [3.05, 3.63) is 29.6 Å². The maximum atomic E-state index is 12.2. The van der Waals surface area contributed by atoms with Gasteiger partial charge in [-0.25, -0.2) is 4.98 Å². The van der Waals surface area contributed by atoms with Crippen LogP contribution in [0.15, 0.2) is 18.2 Å². The van der Waals surface area contributed by atoms with Gasteiger partial charge in [-0.2, -0.15) is 0 Å². The number of hydrogen-bond donors (Lipinski definition) is 3. The Kier molecular flexibility index (Phi) is 5.39. The van der Waals surface area contributed by atoms with Crippen molar-refractivity contribution in [2.24, 2.45) is 0 Å². The van der Waals surface area contributed by atoms with Gasteiger partial charge in [0, 0.05) is 6.54 Å². The zero-order chi connectivity index (χ0) is 14.8. The maximum Gasteiger partial charge on any atom is 0.240 e. The molecule has 22 heavy (non-hydrogen) atoms. The second-order valence-corrected chi connectivity index (χ2v) is 5.43. The van der Waals surface area contributed by atoms with Crippen molar-refractivity contribution < 1.29 is 9.53 Å². The molecule has 0 aliphatic carbocycles. The number of imidazole rings is 1. The molecule has 3 rings (SSSR count). The molecular formula is C15H21ClN4O2. The van der Waals surface area contributed by atoms with Gasteiger partial charge in [0.2, 0.25) is 5.91 Å². The second-order valence-electron chi connectivity index (χ2n) is 5.43. The van der Waals surface area contributed by atoms with E-state index in [1.807, 2.05) is 32.0 Å². The fourth-order valence-corrected chi connectivity index (χ4v) is 2.57. The Balaban J connectivity index is 0.00000176. The van der Waals surface area contributed by atoms with Crippen LogP contribution in [0.3, 0.4) is 0 Å². The first-order valence-corrected chi connectivity index (χ1v) is 7.21. The van der Waals surface area contributed by atoms with Crippen LogP contribution in [0, 0.1) is 6.92 Å². The number of nitrogens with zero attached hydrogens (tertiary/aromatic N) is 1. The highest BCUT2D eigenvalue weighted by Gasteiger charge is 2.28. The number of carbonyl (C=O) groups excluding carboxylic acids is 1. The fraction of sp³-hybridized carbons (Fsp3) is 0.467. The van der Waals surface area contributed by atoms with Crippen LogP contribution >= 0.6 is 12.4 Å². The Labute approximate surface area is 135 Å². The van der Waals surface area contributed by atoms with Gasteiger partial charge in [0.15, 0.2) is 0 Å². The van der Waals surface area contributed by atoms with Crippen molar-refractivity contribution in [1.29, 1.82) is 0 Å². The molecule has 1 fully saturated rings. The van der Waals surface area contributed by atoms with Gasteiger partial charge < -0.3 is 20.4 Å². The summed E-state index contributed by atoms with van der Waals surface area (Å²) in [5.41, 5.74) is 3.09. The van der Waals surface area contributed by atoms with E-state index >= 15 is 0 Å². The molecule has 2 aromatic rings. The average Bonchev–Trinajstić information content (AvgIpc) is 2.87. The van der Waals surface area contributed by atoms with Gasteiger partial charge >= 0.3 is 0 Å². The highest BCUT2D eigenvalue weighted by Crippen LogP contribution is 2.13. The molecule has 0 radical (unpaired) electrons. The number of carbonyl (C=O) groups is 1. The molecule has 1 aliphatic rings. The third-order valence-electron chi connectivity index (χ3n) is 3.72. The van der Waals surface area contributed by atoms with E-state index in [9.17, 15) is 4.79 Å². The van der Waals surface area contributed by atoms with Crippen LogP contribution in [0.1, 0.15) is 18.3 Å². The van der Waals surface area contributed by atoms with Gasteiger partial charge in [0.25, 0.3) is 0 Å². The molecule has 2 heterocycles. The van der Waals surface area contributed by atoms with E-state index in [-0.39, 0.29) is 30.5 Å². The summed E-state index contributed by atoms with van der Waals surface area (Å²) in [5.74, 6) is 0.701. The number of hydrogen-bond acceptors (Lipinski definition) is 4. The van der Waals surface area contributed by atoms with Crippen molar-refractivity contribution in [3.8, 4) is 0 Å². The molecule has 2 atom stereocenters. The largest absolute Gasteiger partial charge is 0.375 e.